The summed E-state index contributed by atoms with van der Waals surface area (Å²) in [6.45, 7) is 5.08. The van der Waals surface area contributed by atoms with Gasteiger partial charge in [0.15, 0.2) is 18.4 Å². The molecule has 4 N–H and O–H groups in total. The standard InChI is InChI=1S/C16H24N3O7P/c1-16(2,3)26-15(21)19-9-12(7-13(19)10-25-27(22,23)24)18-6-4-5-11(8-18)14(17)20/h4-6,8,12-13H,7,9-10H2,1-3H3,(H3-,17,20,22,23,24)/p+1/t12-,13-/m0/s1. The second kappa shape index (κ2) is 7.93. The van der Waals surface area contributed by atoms with Crippen LogP contribution in [0.3, 0.4) is 0 Å². The molecule has 27 heavy (non-hydrogen) atoms. The number of amides is 2. The number of nitrogens with two attached hydrogens (primary N) is 1. The molecular weight excluding hydrogens is 377 g/mol. The summed E-state index contributed by atoms with van der Waals surface area (Å²) in [5.74, 6) is -0.576. The van der Waals surface area contributed by atoms with Crippen molar-refractivity contribution in [2.45, 2.75) is 44.9 Å². The number of phosphoric ester groups is 1. The molecule has 1 aromatic rings. The van der Waals surface area contributed by atoms with Crippen molar-refractivity contribution in [3.63, 3.8) is 0 Å². The van der Waals surface area contributed by atoms with E-state index in [0.717, 1.165) is 0 Å². The predicted molar refractivity (Wildman–Crippen MR) is 93.5 cm³/mol. The molecule has 0 aromatic carbocycles. The van der Waals surface area contributed by atoms with Crippen LogP contribution in [0.4, 0.5) is 4.79 Å². The lowest BCUT2D eigenvalue weighted by atomic mass is 10.1. The maximum Gasteiger partial charge on any atom is 0.469 e. The van der Waals surface area contributed by atoms with Crippen LogP contribution in [0.2, 0.25) is 0 Å². The second-order valence-electron chi connectivity index (χ2n) is 7.37. The van der Waals surface area contributed by atoms with Crippen LogP contribution in [0.1, 0.15) is 43.6 Å². The number of ether oxygens (including phenoxy) is 1. The van der Waals surface area contributed by atoms with Crippen LogP contribution in [0, 0.1) is 0 Å². The third-order valence-electron chi connectivity index (χ3n) is 3.98. The topological polar surface area (TPSA) is 143 Å². The number of pyridine rings is 1. The zero-order valence-corrected chi connectivity index (χ0v) is 16.3. The van der Waals surface area contributed by atoms with Gasteiger partial charge in [-0.2, -0.15) is 4.57 Å². The average Bonchev–Trinajstić information content (AvgIpc) is 2.95. The van der Waals surface area contributed by atoms with Crippen LogP contribution in [-0.2, 0) is 13.8 Å². The Bertz CT molecular complexity index is 759. The lowest BCUT2D eigenvalue weighted by molar-refractivity contribution is -0.719. The molecule has 2 amide bonds. The lowest BCUT2D eigenvalue weighted by Gasteiger charge is -2.27. The van der Waals surface area contributed by atoms with Crippen molar-refractivity contribution in [2.24, 2.45) is 5.73 Å². The van der Waals surface area contributed by atoms with E-state index in [1.165, 1.54) is 4.90 Å². The van der Waals surface area contributed by atoms with Crippen LogP contribution in [0.5, 0.6) is 0 Å². The number of carbonyl (C=O) groups is 2. The Morgan fingerprint density at radius 3 is 2.63 bits per heavy atom. The van der Waals surface area contributed by atoms with Crippen molar-refractivity contribution in [1.29, 1.82) is 0 Å². The molecule has 150 valence electrons. The maximum absolute atomic E-state index is 12.5. The normalized spacial score (nSPS) is 20.6. The van der Waals surface area contributed by atoms with Gasteiger partial charge in [-0.15, -0.1) is 0 Å². The van der Waals surface area contributed by atoms with Gasteiger partial charge in [-0.05, 0) is 26.8 Å². The quantitative estimate of drug-likeness (QED) is 0.487. The molecule has 1 saturated heterocycles. The van der Waals surface area contributed by atoms with Gasteiger partial charge in [0.25, 0.3) is 5.91 Å². The van der Waals surface area contributed by atoms with Gasteiger partial charge in [0, 0.05) is 12.5 Å². The Morgan fingerprint density at radius 1 is 1.41 bits per heavy atom. The Kier molecular flexibility index (Phi) is 6.26. The fourth-order valence-corrected chi connectivity index (χ4v) is 3.23. The van der Waals surface area contributed by atoms with E-state index in [2.05, 4.69) is 4.52 Å². The summed E-state index contributed by atoms with van der Waals surface area (Å²) in [5.41, 5.74) is 4.90. The smallest absolute Gasteiger partial charge is 0.444 e. The highest BCUT2D eigenvalue weighted by atomic mass is 31.2. The zero-order chi connectivity index (χ0) is 20.4. The number of phosphoric acid groups is 1. The minimum atomic E-state index is -4.68. The van der Waals surface area contributed by atoms with E-state index < -0.39 is 31.5 Å². The molecule has 0 unspecified atom stereocenters. The summed E-state index contributed by atoms with van der Waals surface area (Å²) < 4.78 is 22.8. The monoisotopic (exact) mass is 402 g/mol. The highest BCUT2D eigenvalue weighted by Crippen LogP contribution is 2.37. The van der Waals surface area contributed by atoms with E-state index in [0.29, 0.717) is 12.0 Å². The van der Waals surface area contributed by atoms with Crippen molar-refractivity contribution < 1.29 is 37.8 Å². The number of carbonyl (C=O) groups excluding carboxylic acids is 2. The number of aromatic nitrogens is 1. The van der Waals surface area contributed by atoms with Crippen LogP contribution < -0.4 is 10.3 Å². The van der Waals surface area contributed by atoms with Crippen molar-refractivity contribution in [3.05, 3.63) is 30.1 Å². The number of primary amides is 1. The fraction of sp³-hybridized carbons (Fsp3) is 0.562. The first-order valence-corrected chi connectivity index (χ1v) is 9.89. The summed E-state index contributed by atoms with van der Waals surface area (Å²) in [5, 5.41) is 0. The zero-order valence-electron chi connectivity index (χ0n) is 15.4. The van der Waals surface area contributed by atoms with Gasteiger partial charge in [0.2, 0.25) is 0 Å². The third kappa shape index (κ3) is 6.28. The number of likely N-dealkylation sites (tertiary alicyclic amines) is 1. The van der Waals surface area contributed by atoms with E-state index >= 15 is 0 Å². The van der Waals surface area contributed by atoms with Gasteiger partial charge >= 0.3 is 13.9 Å². The summed E-state index contributed by atoms with van der Waals surface area (Å²) in [6.07, 6.45) is 3.07. The third-order valence-corrected chi connectivity index (χ3v) is 4.47. The van der Waals surface area contributed by atoms with Crippen LogP contribution >= 0.6 is 7.82 Å². The van der Waals surface area contributed by atoms with Crippen molar-refractivity contribution in [3.8, 4) is 0 Å². The largest absolute Gasteiger partial charge is 0.469 e. The summed E-state index contributed by atoms with van der Waals surface area (Å²) in [4.78, 5) is 43.2. The van der Waals surface area contributed by atoms with E-state index in [1.807, 2.05) is 0 Å². The molecule has 0 spiro atoms. The summed E-state index contributed by atoms with van der Waals surface area (Å²) >= 11 is 0. The van der Waals surface area contributed by atoms with Crippen LogP contribution in [-0.4, -0.2) is 51.5 Å². The van der Waals surface area contributed by atoms with Gasteiger partial charge in [-0.1, -0.05) is 0 Å². The van der Waals surface area contributed by atoms with E-state index in [-0.39, 0.29) is 19.2 Å². The molecule has 1 aromatic heterocycles. The molecule has 0 bridgehead atoms. The Morgan fingerprint density at radius 2 is 2.07 bits per heavy atom. The summed E-state index contributed by atoms with van der Waals surface area (Å²) in [6, 6.07) is 2.41. The minimum absolute atomic E-state index is 0.233. The Hall–Kier alpha value is -2.00. The summed E-state index contributed by atoms with van der Waals surface area (Å²) in [7, 11) is -4.68. The number of nitrogens with zero attached hydrogens (tertiary/aromatic N) is 2. The lowest BCUT2D eigenvalue weighted by Crippen LogP contribution is -2.44. The van der Waals surface area contributed by atoms with Crippen LogP contribution in [0.15, 0.2) is 24.5 Å². The van der Waals surface area contributed by atoms with E-state index in [1.54, 1.807) is 49.9 Å². The van der Waals surface area contributed by atoms with Gasteiger partial charge in [-0.25, -0.2) is 9.36 Å². The molecule has 0 radical (unpaired) electrons. The molecule has 2 atom stereocenters. The number of hydrogen-bond donors (Lipinski definition) is 3. The molecule has 1 fully saturated rings. The number of hydrogen-bond acceptors (Lipinski definition) is 5. The average molecular weight is 402 g/mol. The Labute approximate surface area is 157 Å². The highest BCUT2D eigenvalue weighted by Gasteiger charge is 2.42. The van der Waals surface area contributed by atoms with E-state index in [9.17, 15) is 14.2 Å². The van der Waals surface area contributed by atoms with Gasteiger partial charge in [0.05, 0.1) is 19.2 Å². The van der Waals surface area contributed by atoms with E-state index in [4.69, 9.17) is 20.3 Å². The first kappa shape index (κ1) is 21.3. The van der Waals surface area contributed by atoms with Gasteiger partial charge in [0.1, 0.15) is 11.2 Å². The van der Waals surface area contributed by atoms with Gasteiger partial charge in [-0.3, -0.25) is 14.2 Å². The van der Waals surface area contributed by atoms with Gasteiger partial charge < -0.3 is 20.3 Å². The maximum atomic E-state index is 12.5. The molecule has 2 heterocycles. The molecular formula is C16H25N3O7P+. The first-order chi connectivity index (χ1) is 12.4. The molecule has 1 aliphatic rings. The van der Waals surface area contributed by atoms with Crippen molar-refractivity contribution >= 4 is 19.8 Å². The molecule has 10 nitrogen and oxygen atoms in total. The second-order valence-corrected chi connectivity index (χ2v) is 8.61. The predicted octanol–water partition coefficient (Wildman–Crippen LogP) is 0.733. The molecule has 0 aliphatic carbocycles. The highest BCUT2D eigenvalue weighted by molar-refractivity contribution is 7.46. The fourth-order valence-electron chi connectivity index (χ4n) is 2.86. The Balaban J connectivity index is 2.22. The molecule has 11 heteroatoms. The van der Waals surface area contributed by atoms with Crippen molar-refractivity contribution in [1.82, 2.24) is 4.90 Å². The first-order valence-electron chi connectivity index (χ1n) is 8.36. The minimum Gasteiger partial charge on any atom is -0.444 e. The SMILES string of the molecule is CC(C)(C)OC(=O)N1C[C@@H]([n+]2cccc(C(N)=O)c2)C[C@H]1COP(=O)(O)O. The molecule has 0 saturated carbocycles. The van der Waals surface area contributed by atoms with Crippen molar-refractivity contribution in [2.75, 3.05) is 13.2 Å². The molecule has 2 rings (SSSR count). The molecule has 1 aliphatic heterocycles. The van der Waals surface area contributed by atoms with Crippen LogP contribution in [0.25, 0.3) is 0 Å². The number of rotatable bonds is 5.